The number of rotatable bonds is 5. The summed E-state index contributed by atoms with van der Waals surface area (Å²) < 4.78 is 2.05. The Kier molecular flexibility index (Phi) is 3.56. The van der Waals surface area contributed by atoms with Gasteiger partial charge in [-0.05, 0) is 18.9 Å². The van der Waals surface area contributed by atoms with Gasteiger partial charge in [0.05, 0.1) is 6.33 Å². The van der Waals surface area contributed by atoms with E-state index in [0.717, 1.165) is 32.6 Å². The average Bonchev–Trinajstić information content (AvgIpc) is 2.84. The van der Waals surface area contributed by atoms with Crippen molar-refractivity contribution in [2.75, 3.05) is 19.6 Å². The molecule has 1 aliphatic heterocycles. The van der Waals surface area contributed by atoms with Gasteiger partial charge in [0.1, 0.15) is 0 Å². The second kappa shape index (κ2) is 5.12. The third-order valence-corrected chi connectivity index (χ3v) is 3.07. The summed E-state index contributed by atoms with van der Waals surface area (Å²) in [4.78, 5) is 16.9. The molecule has 0 radical (unpaired) electrons. The first-order chi connectivity index (χ1) is 7.74. The Bertz CT molecular complexity index is 337. The van der Waals surface area contributed by atoms with Crippen LogP contribution in [0.1, 0.15) is 12.8 Å². The van der Waals surface area contributed by atoms with Crippen molar-refractivity contribution in [3.8, 4) is 0 Å². The van der Waals surface area contributed by atoms with Crippen LogP contribution in [0.4, 0.5) is 0 Å². The molecule has 0 amide bonds. The van der Waals surface area contributed by atoms with Gasteiger partial charge in [-0.2, -0.15) is 0 Å². The fraction of sp³-hybridized carbons (Fsp3) is 0.636. The van der Waals surface area contributed by atoms with Gasteiger partial charge in [-0.15, -0.1) is 0 Å². The molecule has 1 atom stereocenters. The normalized spacial score (nSPS) is 21.4. The second-order valence-electron chi connectivity index (χ2n) is 4.35. The van der Waals surface area contributed by atoms with E-state index in [1.165, 1.54) is 0 Å². The number of imidazole rings is 1. The number of hydrogen-bond acceptors (Lipinski definition) is 3. The van der Waals surface area contributed by atoms with Crippen LogP contribution in [0.2, 0.25) is 0 Å². The van der Waals surface area contributed by atoms with Crippen LogP contribution in [0.5, 0.6) is 0 Å². The zero-order valence-electron chi connectivity index (χ0n) is 9.25. The Morgan fingerprint density at radius 2 is 2.38 bits per heavy atom. The predicted molar refractivity (Wildman–Crippen MR) is 59.0 cm³/mol. The van der Waals surface area contributed by atoms with Crippen LogP contribution >= 0.6 is 0 Å². The molecule has 1 saturated heterocycles. The van der Waals surface area contributed by atoms with Gasteiger partial charge in [-0.3, -0.25) is 4.79 Å². The summed E-state index contributed by atoms with van der Waals surface area (Å²) in [7, 11) is 0. The maximum Gasteiger partial charge on any atom is 0.303 e. The first-order valence-electron chi connectivity index (χ1n) is 5.64. The van der Waals surface area contributed by atoms with Crippen molar-refractivity contribution in [3.63, 3.8) is 0 Å². The molecule has 1 aliphatic rings. The minimum Gasteiger partial charge on any atom is -0.481 e. The summed E-state index contributed by atoms with van der Waals surface area (Å²) in [5.74, 6) is -0.346. The number of hydrogen-bond donors (Lipinski definition) is 1. The maximum atomic E-state index is 10.6. The second-order valence-corrected chi connectivity index (χ2v) is 4.35. The standard InChI is InChI=1S/C11H17N3O2/c15-11(16)7-10-1-3-13(8-10)5-6-14-4-2-12-9-14/h2,4,9-10H,1,3,5-8H2,(H,15,16). The topological polar surface area (TPSA) is 58.4 Å². The van der Waals surface area contributed by atoms with E-state index in [1.807, 2.05) is 17.1 Å². The molecule has 1 unspecified atom stereocenters. The SMILES string of the molecule is O=C(O)CC1CCN(CCn2ccnc2)C1. The minimum absolute atomic E-state index is 0.307. The van der Waals surface area contributed by atoms with Crippen molar-refractivity contribution < 1.29 is 9.90 Å². The summed E-state index contributed by atoms with van der Waals surface area (Å²) in [5.41, 5.74) is 0. The molecule has 1 aromatic heterocycles. The summed E-state index contributed by atoms with van der Waals surface area (Å²) in [5, 5.41) is 8.71. The van der Waals surface area contributed by atoms with E-state index in [4.69, 9.17) is 5.11 Å². The molecule has 0 aliphatic carbocycles. The van der Waals surface area contributed by atoms with E-state index >= 15 is 0 Å². The van der Waals surface area contributed by atoms with Crippen molar-refractivity contribution in [1.29, 1.82) is 0 Å². The molecule has 1 aromatic rings. The van der Waals surface area contributed by atoms with Gasteiger partial charge < -0.3 is 14.6 Å². The Balaban J connectivity index is 1.70. The molecule has 5 heteroatoms. The molecule has 1 fully saturated rings. The van der Waals surface area contributed by atoms with E-state index in [1.54, 1.807) is 6.20 Å². The van der Waals surface area contributed by atoms with E-state index < -0.39 is 5.97 Å². The highest BCUT2D eigenvalue weighted by molar-refractivity contribution is 5.67. The van der Waals surface area contributed by atoms with Crippen molar-refractivity contribution in [2.24, 2.45) is 5.92 Å². The highest BCUT2D eigenvalue weighted by Crippen LogP contribution is 2.19. The lowest BCUT2D eigenvalue weighted by Gasteiger charge is -2.15. The molecular formula is C11H17N3O2. The number of aliphatic carboxylic acids is 1. The minimum atomic E-state index is -0.679. The van der Waals surface area contributed by atoms with Gasteiger partial charge in [0, 0.05) is 38.4 Å². The summed E-state index contributed by atoms with van der Waals surface area (Å²) in [6.45, 7) is 3.85. The van der Waals surface area contributed by atoms with Crippen LogP contribution in [-0.2, 0) is 11.3 Å². The van der Waals surface area contributed by atoms with E-state index in [0.29, 0.717) is 12.3 Å². The fourth-order valence-corrected chi connectivity index (χ4v) is 2.21. The van der Waals surface area contributed by atoms with Gasteiger partial charge in [-0.1, -0.05) is 0 Å². The van der Waals surface area contributed by atoms with E-state index in [2.05, 4.69) is 9.88 Å². The van der Waals surface area contributed by atoms with Gasteiger partial charge in [-0.25, -0.2) is 4.98 Å². The molecule has 0 spiro atoms. The summed E-state index contributed by atoms with van der Waals surface area (Å²) in [6.07, 6.45) is 6.85. The molecule has 88 valence electrons. The summed E-state index contributed by atoms with van der Waals surface area (Å²) >= 11 is 0. The number of aromatic nitrogens is 2. The van der Waals surface area contributed by atoms with Gasteiger partial charge in [0.2, 0.25) is 0 Å². The first kappa shape index (κ1) is 11.1. The Morgan fingerprint density at radius 1 is 1.50 bits per heavy atom. The number of likely N-dealkylation sites (tertiary alicyclic amines) is 1. The van der Waals surface area contributed by atoms with Crippen LogP contribution in [0, 0.1) is 5.92 Å². The smallest absolute Gasteiger partial charge is 0.303 e. The third kappa shape index (κ3) is 3.06. The zero-order chi connectivity index (χ0) is 11.4. The van der Waals surface area contributed by atoms with Gasteiger partial charge >= 0.3 is 5.97 Å². The van der Waals surface area contributed by atoms with Crippen molar-refractivity contribution in [2.45, 2.75) is 19.4 Å². The lowest BCUT2D eigenvalue weighted by atomic mass is 10.1. The Labute approximate surface area is 94.7 Å². The van der Waals surface area contributed by atoms with Crippen LogP contribution in [0.3, 0.4) is 0 Å². The van der Waals surface area contributed by atoms with Gasteiger partial charge in [0.15, 0.2) is 0 Å². The molecule has 16 heavy (non-hydrogen) atoms. The molecule has 0 bridgehead atoms. The number of carboxylic acid groups (broad SMARTS) is 1. The summed E-state index contributed by atoms with van der Waals surface area (Å²) in [6, 6.07) is 0. The van der Waals surface area contributed by atoms with Crippen molar-refractivity contribution in [1.82, 2.24) is 14.5 Å². The lowest BCUT2D eigenvalue weighted by Crippen LogP contribution is -2.25. The third-order valence-electron chi connectivity index (χ3n) is 3.07. The molecule has 2 heterocycles. The molecule has 1 N–H and O–H groups in total. The number of carboxylic acids is 1. The zero-order valence-corrected chi connectivity index (χ0v) is 9.25. The molecule has 0 aromatic carbocycles. The van der Waals surface area contributed by atoms with Crippen molar-refractivity contribution in [3.05, 3.63) is 18.7 Å². The molecule has 0 saturated carbocycles. The highest BCUT2D eigenvalue weighted by atomic mass is 16.4. The number of nitrogens with zero attached hydrogens (tertiary/aromatic N) is 3. The van der Waals surface area contributed by atoms with Gasteiger partial charge in [0.25, 0.3) is 0 Å². The van der Waals surface area contributed by atoms with Crippen LogP contribution in [0.25, 0.3) is 0 Å². The highest BCUT2D eigenvalue weighted by Gasteiger charge is 2.23. The largest absolute Gasteiger partial charge is 0.481 e. The monoisotopic (exact) mass is 223 g/mol. The van der Waals surface area contributed by atoms with Crippen LogP contribution in [-0.4, -0.2) is 45.2 Å². The first-order valence-corrected chi connectivity index (χ1v) is 5.64. The Hall–Kier alpha value is -1.36. The van der Waals surface area contributed by atoms with Crippen LogP contribution in [0.15, 0.2) is 18.7 Å². The fourth-order valence-electron chi connectivity index (χ4n) is 2.21. The lowest BCUT2D eigenvalue weighted by molar-refractivity contribution is -0.138. The molecular weight excluding hydrogens is 206 g/mol. The molecule has 5 nitrogen and oxygen atoms in total. The number of carbonyl (C=O) groups is 1. The predicted octanol–water partition coefficient (Wildman–Crippen LogP) is 0.680. The quantitative estimate of drug-likeness (QED) is 0.797. The average molecular weight is 223 g/mol. The van der Waals surface area contributed by atoms with E-state index in [-0.39, 0.29) is 0 Å². The maximum absolute atomic E-state index is 10.6. The van der Waals surface area contributed by atoms with Crippen LogP contribution < -0.4 is 0 Å². The van der Waals surface area contributed by atoms with E-state index in [9.17, 15) is 4.79 Å². The molecule has 2 rings (SSSR count). The van der Waals surface area contributed by atoms with Crippen molar-refractivity contribution >= 4 is 5.97 Å². The Morgan fingerprint density at radius 3 is 3.06 bits per heavy atom.